The highest BCUT2D eigenvalue weighted by Gasteiger charge is 2.33. The maximum atomic E-state index is 14.3. The van der Waals surface area contributed by atoms with E-state index in [2.05, 4.69) is 17.9 Å². The molecule has 8 rings (SSSR count). The molecule has 2 fully saturated rings. The number of amides is 1. The first-order valence-corrected chi connectivity index (χ1v) is 19.3. The third kappa shape index (κ3) is 7.17. The Bertz CT molecular complexity index is 2210. The molecule has 2 saturated heterocycles. The van der Waals surface area contributed by atoms with E-state index in [1.54, 1.807) is 17.7 Å². The van der Waals surface area contributed by atoms with Gasteiger partial charge < -0.3 is 24.0 Å². The molecule has 278 valence electrons. The molecule has 2 unspecified atom stereocenters. The van der Waals surface area contributed by atoms with Gasteiger partial charge in [-0.25, -0.2) is 4.98 Å². The molecule has 0 bridgehead atoms. The predicted octanol–water partition coefficient (Wildman–Crippen LogP) is 8.39. The number of carbonyl (C=O) groups excluding carboxylic acids is 1. The number of carbonyl (C=O) groups is 1. The zero-order chi connectivity index (χ0) is 37.0. The van der Waals surface area contributed by atoms with Gasteiger partial charge in [-0.05, 0) is 87.1 Å². The summed E-state index contributed by atoms with van der Waals surface area (Å²) in [6, 6.07) is 27.2. The van der Waals surface area contributed by atoms with Crippen LogP contribution in [0.25, 0.3) is 28.0 Å². The summed E-state index contributed by atoms with van der Waals surface area (Å²) in [5.41, 5.74) is 4.38. The number of benzene rings is 4. The van der Waals surface area contributed by atoms with Gasteiger partial charge in [-0.3, -0.25) is 19.1 Å². The average molecular weight is 726 g/mol. The molecule has 0 N–H and O–H groups in total. The summed E-state index contributed by atoms with van der Waals surface area (Å²) >= 11 is 0. The first-order chi connectivity index (χ1) is 26.5. The Morgan fingerprint density at radius 3 is 2.41 bits per heavy atom. The van der Waals surface area contributed by atoms with Gasteiger partial charge in [0.15, 0.2) is 11.5 Å². The second kappa shape index (κ2) is 15.8. The predicted molar refractivity (Wildman–Crippen MR) is 213 cm³/mol. The van der Waals surface area contributed by atoms with Crippen molar-refractivity contribution >= 4 is 34.4 Å². The van der Waals surface area contributed by atoms with E-state index in [4.69, 9.17) is 24.2 Å². The van der Waals surface area contributed by atoms with Gasteiger partial charge in [-0.15, -0.1) is 0 Å². The van der Waals surface area contributed by atoms with Gasteiger partial charge in [0, 0.05) is 49.6 Å². The molecule has 2 atom stereocenters. The van der Waals surface area contributed by atoms with Crippen LogP contribution in [-0.2, 0) is 0 Å². The number of hydrogen-bond donors (Lipinski definition) is 0. The minimum atomic E-state index is -0.139. The lowest BCUT2D eigenvalue weighted by Crippen LogP contribution is -2.35. The molecule has 0 spiro atoms. The van der Waals surface area contributed by atoms with E-state index in [-0.39, 0.29) is 23.6 Å². The monoisotopic (exact) mass is 725 g/mol. The minimum Gasteiger partial charge on any atom is -0.493 e. The molecule has 54 heavy (non-hydrogen) atoms. The molecular weight excluding hydrogens is 679 g/mol. The second-order valence-electron chi connectivity index (χ2n) is 14.4. The molecule has 0 aliphatic carbocycles. The lowest BCUT2D eigenvalue weighted by Gasteiger charge is -2.29. The molecule has 1 aromatic heterocycles. The fraction of sp³-hybridized carbons (Fsp3) is 0.364. The van der Waals surface area contributed by atoms with Crippen LogP contribution in [0, 0.1) is 0 Å². The summed E-state index contributed by atoms with van der Waals surface area (Å²) in [4.78, 5) is 41.6. The van der Waals surface area contributed by atoms with E-state index in [1.807, 2.05) is 83.9 Å². The summed E-state index contributed by atoms with van der Waals surface area (Å²) in [6.45, 7) is 5.30. The number of methoxy groups -OCH3 is 1. The number of anilines is 1. The van der Waals surface area contributed by atoms with Crippen molar-refractivity contribution < 1.29 is 19.0 Å². The number of ether oxygens (including phenoxy) is 3. The molecule has 1 amide bonds. The highest BCUT2D eigenvalue weighted by molar-refractivity contribution is 6.03. The number of nitrogens with zero attached hydrogens (tertiary/aromatic N) is 5. The lowest BCUT2D eigenvalue weighted by molar-refractivity contribution is 0.0774. The number of piperidine rings is 1. The average Bonchev–Trinajstić information content (AvgIpc) is 3.65. The van der Waals surface area contributed by atoms with Crippen LogP contribution in [-0.4, -0.2) is 72.1 Å². The smallest absolute Gasteiger partial charge is 0.266 e. The molecule has 3 aliphatic rings. The van der Waals surface area contributed by atoms with Crippen molar-refractivity contribution in [3.8, 4) is 34.3 Å². The van der Waals surface area contributed by atoms with Crippen molar-refractivity contribution in [1.29, 1.82) is 0 Å². The van der Waals surface area contributed by atoms with Crippen LogP contribution in [0.2, 0.25) is 0 Å². The Hall–Kier alpha value is -5.64. The van der Waals surface area contributed by atoms with Gasteiger partial charge in [0.1, 0.15) is 17.7 Å². The minimum absolute atomic E-state index is 0.0144. The molecule has 5 aromatic rings. The highest BCUT2D eigenvalue weighted by Crippen LogP contribution is 2.39. The Morgan fingerprint density at radius 1 is 0.833 bits per heavy atom. The fourth-order valence-corrected chi connectivity index (χ4v) is 7.91. The van der Waals surface area contributed by atoms with Crippen LogP contribution in [0.3, 0.4) is 0 Å². The number of hydrogen-bond acceptors (Lipinski definition) is 8. The summed E-state index contributed by atoms with van der Waals surface area (Å²) in [6.07, 6.45) is 9.62. The second-order valence-corrected chi connectivity index (χ2v) is 14.4. The zero-order valence-electron chi connectivity index (χ0n) is 31.1. The summed E-state index contributed by atoms with van der Waals surface area (Å²) in [5, 5.41) is 0.602. The zero-order valence-corrected chi connectivity index (χ0v) is 31.1. The van der Waals surface area contributed by atoms with Crippen LogP contribution >= 0.6 is 0 Å². The number of fused-ring (bicyclic) bond motifs is 3. The number of aliphatic imine (C=N–C) groups is 1. The first-order valence-electron chi connectivity index (χ1n) is 19.3. The molecule has 0 saturated carbocycles. The van der Waals surface area contributed by atoms with E-state index in [1.165, 1.54) is 6.42 Å². The maximum Gasteiger partial charge on any atom is 0.266 e. The van der Waals surface area contributed by atoms with Crippen molar-refractivity contribution in [2.45, 2.75) is 70.4 Å². The Balaban J connectivity index is 1.00. The Kier molecular flexibility index (Phi) is 10.3. The summed E-state index contributed by atoms with van der Waals surface area (Å²) in [5.74, 6) is 2.36. The lowest BCUT2D eigenvalue weighted by atomic mass is 10.1. The van der Waals surface area contributed by atoms with E-state index in [9.17, 15) is 9.59 Å². The third-order valence-electron chi connectivity index (χ3n) is 10.8. The largest absolute Gasteiger partial charge is 0.493 e. The van der Waals surface area contributed by atoms with Crippen LogP contribution < -0.4 is 24.7 Å². The molecule has 10 nitrogen and oxygen atoms in total. The van der Waals surface area contributed by atoms with Crippen molar-refractivity contribution in [3.63, 3.8) is 0 Å². The quantitative estimate of drug-likeness (QED) is 0.127. The standard InChI is InChI=1S/C44H47N5O5/c1-3-11-35(54-41-28-39-37(27-40(41)52-2)43(50)48-24-10-14-33(48)29-45-39)21-25-53-34-18-15-31(16-19-34)49-42(30-12-6-4-7-13-30)46-38-20-17-32(26-36(38)44(49)51)47-22-8-5-9-23-47/h4,6-7,12-13,15-20,26-29,33,35H,3,5,8-11,14,21-25H2,1-2H3. The molecule has 10 heteroatoms. The van der Waals surface area contributed by atoms with E-state index in [0.717, 1.165) is 69.4 Å². The van der Waals surface area contributed by atoms with Crippen LogP contribution in [0.1, 0.15) is 68.6 Å². The van der Waals surface area contributed by atoms with Gasteiger partial charge >= 0.3 is 0 Å². The van der Waals surface area contributed by atoms with Crippen LogP contribution in [0.4, 0.5) is 11.4 Å². The highest BCUT2D eigenvalue weighted by atomic mass is 16.5. The van der Waals surface area contributed by atoms with Gasteiger partial charge in [-0.2, -0.15) is 0 Å². The molecule has 3 aliphatic heterocycles. The topological polar surface area (TPSA) is 98.5 Å². The normalized spacial score (nSPS) is 17.2. The van der Waals surface area contributed by atoms with Crippen molar-refractivity contribution in [1.82, 2.24) is 14.5 Å². The van der Waals surface area contributed by atoms with E-state index >= 15 is 0 Å². The Morgan fingerprint density at radius 2 is 1.63 bits per heavy atom. The number of aromatic nitrogens is 2. The summed E-state index contributed by atoms with van der Waals surface area (Å²) < 4.78 is 20.2. The van der Waals surface area contributed by atoms with Crippen molar-refractivity contribution in [3.05, 3.63) is 101 Å². The summed E-state index contributed by atoms with van der Waals surface area (Å²) in [7, 11) is 1.59. The first kappa shape index (κ1) is 35.4. The third-order valence-corrected chi connectivity index (χ3v) is 10.8. The Labute approximate surface area is 316 Å². The number of rotatable bonds is 12. The maximum absolute atomic E-state index is 14.3. The van der Waals surface area contributed by atoms with Crippen molar-refractivity contribution in [2.24, 2.45) is 4.99 Å². The van der Waals surface area contributed by atoms with E-state index < -0.39 is 0 Å². The van der Waals surface area contributed by atoms with Crippen LogP contribution in [0.5, 0.6) is 17.2 Å². The van der Waals surface area contributed by atoms with Gasteiger partial charge in [0.05, 0.1) is 47.6 Å². The van der Waals surface area contributed by atoms with Gasteiger partial charge in [-0.1, -0.05) is 43.7 Å². The van der Waals surface area contributed by atoms with E-state index in [0.29, 0.717) is 63.9 Å². The van der Waals surface area contributed by atoms with Crippen molar-refractivity contribution in [2.75, 3.05) is 38.3 Å². The molecule has 0 radical (unpaired) electrons. The molecule has 4 heterocycles. The molecular formula is C44H47N5O5. The SMILES string of the molecule is CCCC(CCOc1ccc(-n2c(-c3ccccc3)nc3ccc(N4CCCCC4)cc3c2=O)cc1)Oc1cc2c(cc1OC)C(=O)N1CCCC1C=N2. The fourth-order valence-electron chi connectivity index (χ4n) is 7.91. The molecule has 4 aromatic carbocycles. The van der Waals surface area contributed by atoms with Gasteiger partial charge in [0.25, 0.3) is 11.5 Å². The van der Waals surface area contributed by atoms with Gasteiger partial charge in [0.2, 0.25) is 0 Å². The van der Waals surface area contributed by atoms with Crippen LogP contribution in [0.15, 0.2) is 94.7 Å².